The molecular weight excluding hydrogens is 378 g/mol. The van der Waals surface area contributed by atoms with Gasteiger partial charge in [-0.05, 0) is 36.8 Å². The van der Waals surface area contributed by atoms with Crippen molar-refractivity contribution in [2.75, 3.05) is 0 Å². The quantitative estimate of drug-likeness (QED) is 0.658. The zero-order valence-electron chi connectivity index (χ0n) is 14.6. The van der Waals surface area contributed by atoms with E-state index in [4.69, 9.17) is 4.74 Å². The molecule has 28 heavy (non-hydrogen) atoms. The molecule has 9 heteroatoms. The van der Waals surface area contributed by atoms with Crippen LogP contribution in [-0.2, 0) is 12.7 Å². The Kier molecular flexibility index (Phi) is 5.34. The SMILES string of the molecule is Cc1ccc(CNC(=O)Oc2cnn(-c3ccc(F)cc3)c2C(F)(F)F)cc1. The maximum Gasteiger partial charge on any atom is 0.437 e. The second-order valence-electron chi connectivity index (χ2n) is 5.97. The van der Waals surface area contributed by atoms with Crippen molar-refractivity contribution >= 4 is 6.09 Å². The number of carbonyl (C=O) groups excluding carboxylic acids is 1. The van der Waals surface area contributed by atoms with Crippen molar-refractivity contribution in [2.24, 2.45) is 0 Å². The van der Waals surface area contributed by atoms with Gasteiger partial charge in [0, 0.05) is 6.54 Å². The highest BCUT2D eigenvalue weighted by molar-refractivity contribution is 5.70. The van der Waals surface area contributed by atoms with Crippen LogP contribution in [0.2, 0.25) is 0 Å². The van der Waals surface area contributed by atoms with Gasteiger partial charge in [0.1, 0.15) is 5.82 Å². The van der Waals surface area contributed by atoms with Crippen LogP contribution in [-0.4, -0.2) is 15.9 Å². The summed E-state index contributed by atoms with van der Waals surface area (Å²) in [5, 5.41) is 6.02. The molecule has 1 heterocycles. The molecule has 0 saturated heterocycles. The molecule has 3 aromatic rings. The monoisotopic (exact) mass is 393 g/mol. The molecule has 5 nitrogen and oxygen atoms in total. The number of carbonyl (C=O) groups is 1. The number of alkyl halides is 3. The molecule has 0 spiro atoms. The van der Waals surface area contributed by atoms with Gasteiger partial charge in [-0.15, -0.1) is 0 Å². The predicted molar refractivity (Wildman–Crippen MR) is 92.6 cm³/mol. The first-order valence-corrected chi connectivity index (χ1v) is 8.16. The largest absolute Gasteiger partial charge is 0.437 e. The summed E-state index contributed by atoms with van der Waals surface area (Å²) in [5.41, 5.74) is 0.503. The van der Waals surface area contributed by atoms with Gasteiger partial charge in [-0.1, -0.05) is 29.8 Å². The van der Waals surface area contributed by atoms with Crippen LogP contribution in [0.5, 0.6) is 5.75 Å². The van der Waals surface area contributed by atoms with Crippen LogP contribution in [0.25, 0.3) is 5.69 Å². The van der Waals surface area contributed by atoms with Crippen LogP contribution < -0.4 is 10.1 Å². The highest BCUT2D eigenvalue weighted by Gasteiger charge is 2.40. The summed E-state index contributed by atoms with van der Waals surface area (Å²) in [4.78, 5) is 11.9. The molecule has 0 aliphatic carbocycles. The molecule has 0 aliphatic rings. The highest BCUT2D eigenvalue weighted by Crippen LogP contribution is 2.37. The van der Waals surface area contributed by atoms with Crippen LogP contribution in [0.15, 0.2) is 54.7 Å². The Morgan fingerprint density at radius 1 is 1.11 bits per heavy atom. The van der Waals surface area contributed by atoms with Gasteiger partial charge < -0.3 is 10.1 Å². The number of hydrogen-bond donors (Lipinski definition) is 1. The van der Waals surface area contributed by atoms with Crippen molar-refractivity contribution in [3.05, 3.63) is 77.4 Å². The Bertz CT molecular complexity index is 964. The van der Waals surface area contributed by atoms with Crippen LogP contribution in [0.4, 0.5) is 22.4 Å². The molecule has 0 saturated carbocycles. The zero-order valence-corrected chi connectivity index (χ0v) is 14.6. The average molecular weight is 393 g/mol. The van der Waals surface area contributed by atoms with E-state index in [-0.39, 0.29) is 12.2 Å². The summed E-state index contributed by atoms with van der Waals surface area (Å²) in [7, 11) is 0. The number of amides is 1. The molecule has 2 aromatic carbocycles. The molecule has 0 fully saturated rings. The first-order valence-electron chi connectivity index (χ1n) is 8.16. The summed E-state index contributed by atoms with van der Waals surface area (Å²) in [6, 6.07) is 11.5. The molecule has 1 N–H and O–H groups in total. The average Bonchev–Trinajstić information content (AvgIpc) is 3.06. The van der Waals surface area contributed by atoms with Crippen molar-refractivity contribution in [3.8, 4) is 11.4 Å². The Balaban J connectivity index is 1.78. The van der Waals surface area contributed by atoms with E-state index in [1.54, 1.807) is 12.1 Å². The summed E-state index contributed by atoms with van der Waals surface area (Å²) in [6.07, 6.45) is -5.11. The van der Waals surface area contributed by atoms with Gasteiger partial charge in [0.15, 0.2) is 11.4 Å². The number of hydrogen-bond acceptors (Lipinski definition) is 3. The van der Waals surface area contributed by atoms with Crippen LogP contribution in [0, 0.1) is 12.7 Å². The van der Waals surface area contributed by atoms with E-state index in [1.165, 1.54) is 0 Å². The number of nitrogens with zero attached hydrogens (tertiary/aromatic N) is 2. The molecule has 3 rings (SSSR count). The maximum absolute atomic E-state index is 13.5. The van der Waals surface area contributed by atoms with Crippen molar-refractivity contribution in [1.82, 2.24) is 15.1 Å². The lowest BCUT2D eigenvalue weighted by atomic mass is 10.1. The minimum absolute atomic E-state index is 0.0244. The van der Waals surface area contributed by atoms with E-state index < -0.39 is 29.5 Å². The molecule has 0 aliphatic heterocycles. The Morgan fingerprint density at radius 2 is 1.75 bits per heavy atom. The third-order valence-electron chi connectivity index (χ3n) is 3.84. The van der Waals surface area contributed by atoms with Gasteiger partial charge in [0.2, 0.25) is 0 Å². The number of ether oxygens (including phenoxy) is 1. The van der Waals surface area contributed by atoms with Gasteiger partial charge in [-0.2, -0.15) is 18.3 Å². The van der Waals surface area contributed by atoms with E-state index in [0.717, 1.165) is 41.6 Å². The minimum atomic E-state index is -4.85. The Hall–Kier alpha value is -3.36. The second kappa shape index (κ2) is 7.71. The summed E-state index contributed by atoms with van der Waals surface area (Å²) in [5.74, 6) is -1.35. The first kappa shape index (κ1) is 19.4. The van der Waals surface area contributed by atoms with Crippen molar-refractivity contribution in [3.63, 3.8) is 0 Å². The fraction of sp³-hybridized carbons (Fsp3) is 0.158. The van der Waals surface area contributed by atoms with Crippen molar-refractivity contribution in [2.45, 2.75) is 19.6 Å². The van der Waals surface area contributed by atoms with Gasteiger partial charge in [-0.3, -0.25) is 0 Å². The number of rotatable bonds is 4. The van der Waals surface area contributed by atoms with Crippen molar-refractivity contribution < 1.29 is 27.1 Å². The third kappa shape index (κ3) is 4.48. The lowest BCUT2D eigenvalue weighted by molar-refractivity contribution is -0.143. The maximum atomic E-state index is 13.5. The standard InChI is InChI=1S/C19H15F4N3O2/c1-12-2-4-13(5-3-12)10-24-18(27)28-16-11-25-26(17(16)19(21,22)23)15-8-6-14(20)7-9-15/h2-9,11H,10H2,1H3,(H,24,27). The third-order valence-corrected chi connectivity index (χ3v) is 3.84. The molecule has 0 atom stereocenters. The summed E-state index contributed by atoms with van der Waals surface area (Å²) < 4.78 is 58.9. The topological polar surface area (TPSA) is 56.1 Å². The molecule has 0 unspecified atom stereocenters. The van der Waals surface area contributed by atoms with E-state index in [0.29, 0.717) is 4.68 Å². The second-order valence-corrected chi connectivity index (χ2v) is 5.97. The van der Waals surface area contributed by atoms with E-state index in [1.807, 2.05) is 19.1 Å². The molecule has 1 aromatic heterocycles. The van der Waals surface area contributed by atoms with Crippen LogP contribution in [0.1, 0.15) is 16.8 Å². The van der Waals surface area contributed by atoms with Gasteiger partial charge >= 0.3 is 12.3 Å². The predicted octanol–water partition coefficient (Wildman–Crippen LogP) is 4.63. The number of benzene rings is 2. The molecule has 1 amide bonds. The fourth-order valence-electron chi connectivity index (χ4n) is 2.46. The lowest BCUT2D eigenvalue weighted by Gasteiger charge is -2.13. The fourth-order valence-corrected chi connectivity index (χ4v) is 2.46. The zero-order chi connectivity index (χ0) is 20.3. The highest BCUT2D eigenvalue weighted by atomic mass is 19.4. The van der Waals surface area contributed by atoms with E-state index in [2.05, 4.69) is 10.4 Å². The molecule has 0 radical (unpaired) electrons. The number of nitrogens with one attached hydrogen (secondary N) is 1. The van der Waals surface area contributed by atoms with E-state index >= 15 is 0 Å². The van der Waals surface area contributed by atoms with E-state index in [9.17, 15) is 22.4 Å². The Morgan fingerprint density at radius 3 is 2.36 bits per heavy atom. The molecule has 0 bridgehead atoms. The first-order chi connectivity index (χ1) is 13.2. The van der Waals surface area contributed by atoms with Crippen molar-refractivity contribution in [1.29, 1.82) is 0 Å². The van der Waals surface area contributed by atoms with Crippen LogP contribution in [0.3, 0.4) is 0 Å². The summed E-state index contributed by atoms with van der Waals surface area (Å²) in [6.45, 7) is 2.00. The number of aromatic nitrogens is 2. The molecular formula is C19H15F4N3O2. The smallest absolute Gasteiger partial charge is 0.406 e. The Labute approximate surface area is 157 Å². The molecule has 146 valence electrons. The minimum Gasteiger partial charge on any atom is -0.406 e. The summed E-state index contributed by atoms with van der Waals surface area (Å²) >= 11 is 0. The van der Waals surface area contributed by atoms with Gasteiger partial charge in [0.25, 0.3) is 0 Å². The van der Waals surface area contributed by atoms with Gasteiger partial charge in [-0.25, -0.2) is 13.9 Å². The lowest BCUT2D eigenvalue weighted by Crippen LogP contribution is -2.27. The normalized spacial score (nSPS) is 11.3. The number of aryl methyl sites for hydroxylation is 1. The van der Waals surface area contributed by atoms with Crippen LogP contribution >= 0.6 is 0 Å². The van der Waals surface area contributed by atoms with Gasteiger partial charge in [0.05, 0.1) is 11.9 Å². The number of halogens is 4.